The fourth-order valence-electron chi connectivity index (χ4n) is 8.33. The minimum absolute atomic E-state index is 0.362. The average Bonchev–Trinajstić information content (AvgIpc) is 3.23. The molecule has 0 amide bonds. The lowest BCUT2D eigenvalue weighted by atomic mass is 9.73. The lowest BCUT2D eigenvalue weighted by molar-refractivity contribution is 0.616. The van der Waals surface area contributed by atoms with Crippen molar-refractivity contribution in [2.75, 3.05) is 4.90 Å². The number of aromatic nitrogens is 1. The fraction of sp³-hybridized carbons (Fsp3) is 0.0588. The number of hydrogen-bond acceptors (Lipinski definition) is 3. The first-order valence-corrected chi connectivity index (χ1v) is 18.4. The predicted octanol–water partition coefficient (Wildman–Crippen LogP) is 13.6. The third kappa shape index (κ3) is 5.36. The van der Waals surface area contributed by atoms with Gasteiger partial charge < -0.3 is 0 Å². The minimum Gasteiger partial charge on any atom is -0.278 e. The van der Waals surface area contributed by atoms with Gasteiger partial charge in [0.1, 0.15) is 11.6 Å². The van der Waals surface area contributed by atoms with Crippen LogP contribution in [0.2, 0.25) is 0 Å². The van der Waals surface area contributed by atoms with Crippen LogP contribution in [0.1, 0.15) is 19.4 Å². The van der Waals surface area contributed by atoms with Gasteiger partial charge in [0.05, 0.1) is 5.69 Å². The highest BCUT2D eigenvalue weighted by molar-refractivity contribution is 6.07. The quantitative estimate of drug-likeness (QED) is 0.155. The topological polar surface area (TPSA) is 28.5 Å². The molecule has 0 unspecified atom stereocenters. The predicted molar refractivity (Wildman–Crippen MR) is 229 cm³/mol. The summed E-state index contributed by atoms with van der Waals surface area (Å²) in [7, 11) is 0. The zero-order valence-electron chi connectivity index (χ0n) is 30.5. The Hall–Kier alpha value is -6.84. The van der Waals surface area contributed by atoms with E-state index in [0.29, 0.717) is 0 Å². The summed E-state index contributed by atoms with van der Waals surface area (Å²) in [5, 5.41) is 4.95. The van der Waals surface area contributed by atoms with Crippen molar-refractivity contribution in [1.29, 1.82) is 0 Å². The molecule has 0 aliphatic carbocycles. The van der Waals surface area contributed by atoms with E-state index < -0.39 is 0 Å². The molecule has 1 aromatic heterocycles. The molecule has 0 radical (unpaired) electrons. The van der Waals surface area contributed by atoms with E-state index in [1.807, 2.05) is 30.5 Å². The molecule has 1 aliphatic rings. The Balaban J connectivity index is 1.12. The summed E-state index contributed by atoms with van der Waals surface area (Å²) in [5.41, 5.74) is 12.5. The fourth-order valence-corrected chi connectivity index (χ4v) is 8.33. The maximum atomic E-state index is 4.70. The Morgan fingerprint density at radius 2 is 1.00 bits per heavy atom. The number of pyridine rings is 1. The van der Waals surface area contributed by atoms with Crippen molar-refractivity contribution in [3.05, 3.63) is 200 Å². The second-order valence-corrected chi connectivity index (χ2v) is 14.3. The molecule has 3 heteroatoms. The van der Waals surface area contributed by atoms with Crippen molar-refractivity contribution in [3.63, 3.8) is 0 Å². The van der Waals surface area contributed by atoms with Gasteiger partial charge in [0.25, 0.3) is 0 Å². The summed E-state index contributed by atoms with van der Waals surface area (Å²) in [6, 6.07) is 58.9. The van der Waals surface area contributed by atoms with Crippen LogP contribution in [-0.4, -0.2) is 11.7 Å². The van der Waals surface area contributed by atoms with Gasteiger partial charge >= 0.3 is 0 Å². The molecule has 258 valence electrons. The number of anilines is 2. The van der Waals surface area contributed by atoms with E-state index in [1.54, 1.807) is 0 Å². The van der Waals surface area contributed by atoms with Crippen LogP contribution in [0.5, 0.6) is 0 Å². The van der Waals surface area contributed by atoms with Crippen LogP contribution in [0, 0.1) is 0 Å². The van der Waals surface area contributed by atoms with Crippen LogP contribution in [0.4, 0.5) is 11.5 Å². The van der Waals surface area contributed by atoms with E-state index in [-0.39, 0.29) is 5.41 Å². The molecule has 54 heavy (non-hydrogen) atoms. The van der Waals surface area contributed by atoms with Gasteiger partial charge in [-0.2, -0.15) is 0 Å². The Morgan fingerprint density at radius 1 is 0.537 bits per heavy atom. The van der Waals surface area contributed by atoms with Gasteiger partial charge in [0.2, 0.25) is 0 Å². The Bertz CT molecular complexity index is 2760. The van der Waals surface area contributed by atoms with Crippen LogP contribution >= 0.6 is 0 Å². The van der Waals surface area contributed by atoms with Crippen LogP contribution in [0.15, 0.2) is 199 Å². The lowest BCUT2D eigenvalue weighted by Gasteiger charge is -2.41. The van der Waals surface area contributed by atoms with Gasteiger partial charge in [-0.15, -0.1) is 0 Å². The van der Waals surface area contributed by atoms with E-state index >= 15 is 0 Å². The van der Waals surface area contributed by atoms with Gasteiger partial charge in [-0.1, -0.05) is 166 Å². The molecule has 0 spiro atoms. The van der Waals surface area contributed by atoms with Crippen molar-refractivity contribution in [3.8, 4) is 44.5 Å². The van der Waals surface area contributed by atoms with Gasteiger partial charge in [-0.05, 0) is 103 Å². The number of nitrogens with zero attached hydrogens (tertiary/aromatic N) is 3. The first-order chi connectivity index (χ1) is 26.5. The van der Waals surface area contributed by atoms with E-state index in [9.17, 15) is 0 Å². The number of allylic oxidation sites excluding steroid dienone is 2. The molecular weight excluding hydrogens is 655 g/mol. The Kier molecular flexibility index (Phi) is 8.13. The van der Waals surface area contributed by atoms with Crippen LogP contribution < -0.4 is 4.90 Å². The number of benzene rings is 7. The van der Waals surface area contributed by atoms with Gasteiger partial charge in [0.15, 0.2) is 0 Å². The first kappa shape index (κ1) is 33.0. The van der Waals surface area contributed by atoms with Crippen molar-refractivity contribution >= 4 is 39.8 Å². The molecular formula is C51H39N3. The standard InChI is InChI=1S/C51H39N3/c1-5-46-50(52-4)54(49-21-13-14-32-53-49)48-31-26-37(33-47(48)51(46,2)3)41-30-29-40(44-19-11-12-20-45(41)44)36-24-22-35(23-25-36)39-28-27-38(34-15-7-6-8-16-34)42-17-9-10-18-43(39)42/h5-33H,1,4H2,2-3H3. The van der Waals surface area contributed by atoms with Crippen molar-refractivity contribution < 1.29 is 0 Å². The lowest BCUT2D eigenvalue weighted by Crippen LogP contribution is -2.33. The summed E-state index contributed by atoms with van der Waals surface area (Å²) >= 11 is 0. The molecule has 1 aliphatic heterocycles. The normalized spacial score (nSPS) is 13.6. The molecule has 2 heterocycles. The van der Waals surface area contributed by atoms with Gasteiger partial charge in [-0.3, -0.25) is 4.90 Å². The highest BCUT2D eigenvalue weighted by atomic mass is 15.3. The van der Waals surface area contributed by atoms with Gasteiger partial charge in [-0.25, -0.2) is 9.98 Å². The van der Waals surface area contributed by atoms with Crippen LogP contribution in [-0.2, 0) is 5.41 Å². The van der Waals surface area contributed by atoms with E-state index in [0.717, 1.165) is 28.5 Å². The molecule has 0 bridgehead atoms. The molecule has 0 fully saturated rings. The summed E-state index contributed by atoms with van der Waals surface area (Å²) < 4.78 is 0. The van der Waals surface area contributed by atoms with E-state index in [1.165, 1.54) is 66.1 Å². The maximum Gasteiger partial charge on any atom is 0.142 e. The molecule has 0 saturated heterocycles. The molecule has 7 aromatic carbocycles. The Morgan fingerprint density at radius 3 is 1.48 bits per heavy atom. The largest absolute Gasteiger partial charge is 0.278 e. The Labute approximate surface area is 316 Å². The van der Waals surface area contributed by atoms with Gasteiger partial charge in [0, 0.05) is 17.2 Å². The average molecular weight is 694 g/mol. The smallest absolute Gasteiger partial charge is 0.142 e. The van der Waals surface area contributed by atoms with Crippen LogP contribution in [0.3, 0.4) is 0 Å². The second-order valence-electron chi connectivity index (χ2n) is 14.3. The number of hydrogen-bond donors (Lipinski definition) is 0. The molecule has 0 atom stereocenters. The first-order valence-electron chi connectivity index (χ1n) is 18.4. The molecule has 0 N–H and O–H groups in total. The summed E-state index contributed by atoms with van der Waals surface area (Å²) in [6.45, 7) is 12.6. The van der Waals surface area contributed by atoms with Crippen molar-refractivity contribution in [1.82, 2.24) is 4.98 Å². The maximum absolute atomic E-state index is 4.70. The zero-order chi connectivity index (χ0) is 36.8. The minimum atomic E-state index is -0.362. The zero-order valence-corrected chi connectivity index (χ0v) is 30.5. The number of aliphatic imine (C=N–C) groups is 1. The highest BCUT2D eigenvalue weighted by Gasteiger charge is 2.38. The summed E-state index contributed by atoms with van der Waals surface area (Å²) in [4.78, 5) is 11.3. The highest BCUT2D eigenvalue weighted by Crippen LogP contribution is 2.50. The van der Waals surface area contributed by atoms with E-state index in [4.69, 9.17) is 4.98 Å². The number of rotatable bonds is 7. The monoisotopic (exact) mass is 693 g/mol. The van der Waals surface area contributed by atoms with Crippen molar-refractivity contribution in [2.45, 2.75) is 19.3 Å². The molecule has 0 saturated carbocycles. The molecule has 9 rings (SSSR count). The molecule has 8 aromatic rings. The third-order valence-electron chi connectivity index (χ3n) is 11.0. The van der Waals surface area contributed by atoms with E-state index in [2.05, 4.69) is 183 Å². The van der Waals surface area contributed by atoms with Crippen LogP contribution in [0.25, 0.3) is 66.1 Å². The SMILES string of the molecule is C=CC1=C(N=C)N(c2ccccn2)c2ccc(-c3ccc(-c4ccc(-c5ccc(-c6ccccc6)c6ccccc56)cc4)c4ccccc34)cc2C1(C)C. The van der Waals surface area contributed by atoms with Crippen molar-refractivity contribution in [2.24, 2.45) is 4.99 Å². The number of fused-ring (bicyclic) bond motifs is 3. The summed E-state index contributed by atoms with van der Waals surface area (Å²) in [6.07, 6.45) is 3.72. The molecule has 3 nitrogen and oxygen atoms in total. The third-order valence-corrected chi connectivity index (χ3v) is 11.0. The second kappa shape index (κ2) is 13.3. The summed E-state index contributed by atoms with van der Waals surface area (Å²) in [5.74, 6) is 1.55.